The molecule has 0 radical (unpaired) electrons. The fraction of sp³-hybridized carbons (Fsp3) is 1.00. The standard InChI is InChI=1S/C12H22O2/c1-4-9-10(7-11(13)5-6-11)12(9,14)8(2)3/h8-10,13-14H,4-7H2,1-3H3/t9-,10-,12+/m1/s1. The first-order valence-electron chi connectivity index (χ1n) is 5.89. The SMILES string of the molecule is CC[C@@H]1[C@@H](CC2(O)CC2)[C@]1(O)C(C)C. The molecule has 2 nitrogen and oxygen atoms in total. The summed E-state index contributed by atoms with van der Waals surface area (Å²) >= 11 is 0. The van der Waals surface area contributed by atoms with Crippen molar-refractivity contribution < 1.29 is 10.2 Å². The minimum atomic E-state index is -0.479. The molecule has 14 heavy (non-hydrogen) atoms. The molecule has 3 atom stereocenters. The van der Waals surface area contributed by atoms with E-state index >= 15 is 0 Å². The molecule has 0 aliphatic heterocycles. The normalized spacial score (nSPS) is 44.1. The Labute approximate surface area is 86.3 Å². The summed E-state index contributed by atoms with van der Waals surface area (Å²) in [5, 5.41) is 20.3. The van der Waals surface area contributed by atoms with Crippen LogP contribution in [0.5, 0.6) is 0 Å². The number of hydrogen-bond acceptors (Lipinski definition) is 2. The van der Waals surface area contributed by atoms with E-state index in [1.807, 2.05) is 0 Å². The maximum absolute atomic E-state index is 10.4. The van der Waals surface area contributed by atoms with Gasteiger partial charge in [0.2, 0.25) is 0 Å². The van der Waals surface area contributed by atoms with Gasteiger partial charge in [-0.25, -0.2) is 0 Å². The van der Waals surface area contributed by atoms with Gasteiger partial charge in [0.05, 0.1) is 11.2 Å². The van der Waals surface area contributed by atoms with Gasteiger partial charge in [-0.3, -0.25) is 0 Å². The van der Waals surface area contributed by atoms with Crippen molar-refractivity contribution in [3.05, 3.63) is 0 Å². The van der Waals surface area contributed by atoms with Gasteiger partial charge in [-0.2, -0.15) is 0 Å². The minimum Gasteiger partial charge on any atom is -0.390 e. The van der Waals surface area contributed by atoms with Crippen LogP contribution in [0.25, 0.3) is 0 Å². The predicted molar refractivity (Wildman–Crippen MR) is 55.9 cm³/mol. The molecule has 2 N–H and O–H groups in total. The van der Waals surface area contributed by atoms with Crippen LogP contribution in [0.1, 0.15) is 46.5 Å². The quantitative estimate of drug-likeness (QED) is 0.725. The van der Waals surface area contributed by atoms with Gasteiger partial charge < -0.3 is 10.2 Å². The lowest BCUT2D eigenvalue weighted by atomic mass is 9.99. The van der Waals surface area contributed by atoms with Crippen molar-refractivity contribution in [3.8, 4) is 0 Å². The van der Waals surface area contributed by atoms with Gasteiger partial charge in [-0.1, -0.05) is 27.2 Å². The molecule has 82 valence electrons. The Hall–Kier alpha value is -0.0800. The molecule has 0 heterocycles. The van der Waals surface area contributed by atoms with Crippen molar-refractivity contribution in [2.45, 2.75) is 57.7 Å². The Morgan fingerprint density at radius 3 is 2.07 bits per heavy atom. The highest BCUT2D eigenvalue weighted by atomic mass is 16.3. The van der Waals surface area contributed by atoms with Crippen LogP contribution < -0.4 is 0 Å². The van der Waals surface area contributed by atoms with Crippen LogP contribution in [0, 0.1) is 17.8 Å². The van der Waals surface area contributed by atoms with E-state index in [-0.39, 0.29) is 0 Å². The van der Waals surface area contributed by atoms with Gasteiger partial charge in [0.25, 0.3) is 0 Å². The first-order valence-corrected chi connectivity index (χ1v) is 5.89. The molecule has 0 aromatic heterocycles. The molecule has 0 spiro atoms. The smallest absolute Gasteiger partial charge is 0.0734 e. The fourth-order valence-corrected chi connectivity index (χ4v) is 3.08. The van der Waals surface area contributed by atoms with E-state index in [2.05, 4.69) is 20.8 Å². The van der Waals surface area contributed by atoms with Gasteiger partial charge in [-0.15, -0.1) is 0 Å². The largest absolute Gasteiger partial charge is 0.390 e. The lowest BCUT2D eigenvalue weighted by molar-refractivity contribution is 0.0524. The van der Waals surface area contributed by atoms with Crippen molar-refractivity contribution in [1.29, 1.82) is 0 Å². The molecule has 2 aliphatic carbocycles. The van der Waals surface area contributed by atoms with Crippen LogP contribution in [-0.2, 0) is 0 Å². The summed E-state index contributed by atoms with van der Waals surface area (Å²) in [5.41, 5.74) is -0.884. The molecule has 2 rings (SSSR count). The maximum atomic E-state index is 10.4. The third kappa shape index (κ3) is 1.40. The van der Waals surface area contributed by atoms with E-state index in [1.54, 1.807) is 0 Å². The van der Waals surface area contributed by atoms with Crippen molar-refractivity contribution in [2.75, 3.05) is 0 Å². The Morgan fingerprint density at radius 1 is 1.21 bits per heavy atom. The average molecular weight is 198 g/mol. The predicted octanol–water partition coefficient (Wildman–Crippen LogP) is 1.94. The second-order valence-corrected chi connectivity index (χ2v) is 5.59. The summed E-state index contributed by atoms with van der Waals surface area (Å²) in [4.78, 5) is 0. The van der Waals surface area contributed by atoms with E-state index in [0.717, 1.165) is 25.7 Å². The van der Waals surface area contributed by atoms with E-state index in [0.29, 0.717) is 17.8 Å². The van der Waals surface area contributed by atoms with Gasteiger partial charge in [-0.05, 0) is 37.0 Å². The second kappa shape index (κ2) is 2.96. The van der Waals surface area contributed by atoms with Gasteiger partial charge >= 0.3 is 0 Å². The molecule has 2 heteroatoms. The Bertz CT molecular complexity index is 232. The molecule has 0 aromatic rings. The molecule has 2 fully saturated rings. The summed E-state index contributed by atoms with van der Waals surface area (Å²) in [6, 6.07) is 0. The lowest BCUT2D eigenvalue weighted by Crippen LogP contribution is -2.23. The van der Waals surface area contributed by atoms with Gasteiger partial charge in [0, 0.05) is 0 Å². The maximum Gasteiger partial charge on any atom is 0.0734 e. The topological polar surface area (TPSA) is 40.5 Å². The fourth-order valence-electron chi connectivity index (χ4n) is 3.08. The molecule has 0 amide bonds. The summed E-state index contributed by atoms with van der Waals surface area (Å²) in [5.74, 6) is 1.09. The Balaban J connectivity index is 1.99. The van der Waals surface area contributed by atoms with Crippen molar-refractivity contribution in [1.82, 2.24) is 0 Å². The van der Waals surface area contributed by atoms with Crippen molar-refractivity contribution in [2.24, 2.45) is 17.8 Å². The second-order valence-electron chi connectivity index (χ2n) is 5.59. The molecule has 0 aromatic carbocycles. The molecular weight excluding hydrogens is 176 g/mol. The zero-order valence-electron chi connectivity index (χ0n) is 9.45. The number of aliphatic hydroxyl groups is 2. The van der Waals surface area contributed by atoms with Gasteiger partial charge in [0.1, 0.15) is 0 Å². The summed E-state index contributed by atoms with van der Waals surface area (Å²) < 4.78 is 0. The lowest BCUT2D eigenvalue weighted by Gasteiger charge is -2.16. The number of hydrogen-bond donors (Lipinski definition) is 2. The molecule has 2 aliphatic rings. The first-order chi connectivity index (χ1) is 6.44. The third-order valence-electron chi connectivity index (χ3n) is 4.36. The van der Waals surface area contributed by atoms with Crippen LogP contribution in [-0.4, -0.2) is 21.4 Å². The third-order valence-corrected chi connectivity index (χ3v) is 4.36. The zero-order valence-corrected chi connectivity index (χ0v) is 9.45. The Morgan fingerprint density at radius 2 is 1.79 bits per heavy atom. The molecule has 0 unspecified atom stereocenters. The Kier molecular flexibility index (Phi) is 2.20. The summed E-state index contributed by atoms with van der Waals surface area (Å²) in [7, 11) is 0. The summed E-state index contributed by atoms with van der Waals surface area (Å²) in [6.07, 6.45) is 3.73. The van der Waals surface area contributed by atoms with Crippen LogP contribution in [0.3, 0.4) is 0 Å². The van der Waals surface area contributed by atoms with E-state index < -0.39 is 11.2 Å². The van der Waals surface area contributed by atoms with Crippen molar-refractivity contribution >= 4 is 0 Å². The average Bonchev–Trinajstić information content (AvgIpc) is 2.95. The van der Waals surface area contributed by atoms with E-state index in [1.165, 1.54) is 0 Å². The highest BCUT2D eigenvalue weighted by Crippen LogP contribution is 2.62. The molecular formula is C12H22O2. The van der Waals surface area contributed by atoms with E-state index in [9.17, 15) is 10.2 Å². The van der Waals surface area contributed by atoms with Crippen LogP contribution in [0.2, 0.25) is 0 Å². The van der Waals surface area contributed by atoms with Gasteiger partial charge in [0.15, 0.2) is 0 Å². The minimum absolute atomic E-state index is 0.319. The molecule has 2 saturated carbocycles. The van der Waals surface area contributed by atoms with Crippen LogP contribution >= 0.6 is 0 Å². The summed E-state index contributed by atoms with van der Waals surface area (Å²) in [6.45, 7) is 6.30. The highest BCUT2D eigenvalue weighted by molar-refractivity contribution is 5.16. The molecule has 0 saturated heterocycles. The van der Waals surface area contributed by atoms with Crippen molar-refractivity contribution in [3.63, 3.8) is 0 Å². The van der Waals surface area contributed by atoms with E-state index in [4.69, 9.17) is 0 Å². The highest BCUT2D eigenvalue weighted by Gasteiger charge is 2.66. The van der Waals surface area contributed by atoms with Crippen LogP contribution in [0.4, 0.5) is 0 Å². The molecule has 0 bridgehead atoms. The monoisotopic (exact) mass is 198 g/mol. The first kappa shape index (κ1) is 10.4. The van der Waals surface area contributed by atoms with Crippen LogP contribution in [0.15, 0.2) is 0 Å². The zero-order chi connectivity index (χ0) is 10.6. The number of rotatable bonds is 4.